The van der Waals surface area contributed by atoms with E-state index >= 15 is 0 Å². The molecule has 0 radical (unpaired) electrons. The largest absolute Gasteiger partial charge is 0.394 e. The maximum absolute atomic E-state index is 8.40. The Balaban J connectivity index is 2.32. The predicted molar refractivity (Wildman–Crippen MR) is 37.7 cm³/mol. The molecule has 1 N–H and O–H groups in total. The number of aryl methyl sites for hydroxylation is 1. The van der Waals surface area contributed by atoms with Gasteiger partial charge in [-0.15, -0.1) is 5.10 Å². The number of ether oxygens (including phenoxy) is 1. The lowest BCUT2D eigenvalue weighted by molar-refractivity contribution is 0.0779. The molecular formula is C6H11N3O2. The third kappa shape index (κ3) is 2.28. The van der Waals surface area contributed by atoms with Gasteiger partial charge in [-0.2, -0.15) is 0 Å². The highest BCUT2D eigenvalue weighted by molar-refractivity contribution is 4.89. The Morgan fingerprint density at radius 3 is 3.09 bits per heavy atom. The van der Waals surface area contributed by atoms with Crippen LogP contribution in [0.25, 0.3) is 0 Å². The van der Waals surface area contributed by atoms with Gasteiger partial charge in [-0.05, 0) is 0 Å². The summed E-state index contributed by atoms with van der Waals surface area (Å²) in [6, 6.07) is 0. The van der Waals surface area contributed by atoms with Crippen molar-refractivity contribution in [1.29, 1.82) is 0 Å². The number of hydrogen-bond donors (Lipinski definition) is 1. The van der Waals surface area contributed by atoms with Crippen molar-refractivity contribution < 1.29 is 9.84 Å². The molecule has 0 unspecified atom stereocenters. The number of hydrogen-bond acceptors (Lipinski definition) is 4. The minimum atomic E-state index is 0.0469. The normalized spacial score (nSPS) is 10.4. The third-order valence-electron chi connectivity index (χ3n) is 1.29. The molecule has 0 aliphatic heterocycles. The van der Waals surface area contributed by atoms with Crippen molar-refractivity contribution in [2.75, 3.05) is 13.2 Å². The molecule has 5 nitrogen and oxygen atoms in total. The summed E-state index contributed by atoms with van der Waals surface area (Å²) in [5.74, 6) is 0. The van der Waals surface area contributed by atoms with Crippen molar-refractivity contribution in [2.45, 2.75) is 6.61 Å². The number of aliphatic hydroxyl groups is 1. The number of aromatic nitrogens is 3. The maximum Gasteiger partial charge on any atom is 0.0902 e. The molecule has 1 heterocycles. The molecule has 0 spiro atoms. The van der Waals surface area contributed by atoms with E-state index in [4.69, 9.17) is 9.84 Å². The highest BCUT2D eigenvalue weighted by Gasteiger charge is 1.97. The van der Waals surface area contributed by atoms with Gasteiger partial charge in [0.1, 0.15) is 0 Å². The van der Waals surface area contributed by atoms with Crippen LogP contribution < -0.4 is 0 Å². The van der Waals surface area contributed by atoms with Gasteiger partial charge in [-0.25, -0.2) is 0 Å². The van der Waals surface area contributed by atoms with E-state index < -0.39 is 0 Å². The lowest BCUT2D eigenvalue weighted by Crippen LogP contribution is -2.03. The van der Waals surface area contributed by atoms with Crippen LogP contribution in [0.4, 0.5) is 0 Å². The topological polar surface area (TPSA) is 60.2 Å². The van der Waals surface area contributed by atoms with Crippen LogP contribution in [0.3, 0.4) is 0 Å². The summed E-state index contributed by atoms with van der Waals surface area (Å²) in [6.45, 7) is 0.848. The second-order valence-electron chi connectivity index (χ2n) is 2.13. The number of nitrogens with zero attached hydrogens (tertiary/aromatic N) is 3. The fourth-order valence-electron chi connectivity index (χ4n) is 0.683. The van der Waals surface area contributed by atoms with E-state index in [2.05, 4.69) is 10.3 Å². The molecule has 0 saturated carbocycles. The third-order valence-corrected chi connectivity index (χ3v) is 1.29. The smallest absolute Gasteiger partial charge is 0.0902 e. The Morgan fingerprint density at radius 2 is 2.55 bits per heavy atom. The maximum atomic E-state index is 8.40. The predicted octanol–water partition coefficient (Wildman–Crippen LogP) is -0.676. The fraction of sp³-hybridized carbons (Fsp3) is 0.667. The van der Waals surface area contributed by atoms with Crippen molar-refractivity contribution in [3.8, 4) is 0 Å². The Morgan fingerprint density at radius 1 is 1.73 bits per heavy atom. The Bertz CT molecular complexity index is 211. The van der Waals surface area contributed by atoms with Crippen LogP contribution in [0.15, 0.2) is 6.20 Å². The summed E-state index contributed by atoms with van der Waals surface area (Å²) >= 11 is 0. The Hall–Kier alpha value is -0.940. The molecule has 0 amide bonds. The Labute approximate surface area is 64.6 Å². The van der Waals surface area contributed by atoms with Crippen LogP contribution >= 0.6 is 0 Å². The molecular weight excluding hydrogens is 146 g/mol. The van der Waals surface area contributed by atoms with Crippen molar-refractivity contribution in [3.05, 3.63) is 11.9 Å². The van der Waals surface area contributed by atoms with Gasteiger partial charge in [0, 0.05) is 7.05 Å². The van der Waals surface area contributed by atoms with E-state index in [0.29, 0.717) is 13.2 Å². The minimum absolute atomic E-state index is 0.0469. The summed E-state index contributed by atoms with van der Waals surface area (Å²) in [6.07, 6.45) is 1.64. The summed E-state index contributed by atoms with van der Waals surface area (Å²) in [7, 11) is 1.80. The second kappa shape index (κ2) is 4.05. The first kappa shape index (κ1) is 8.16. The molecule has 5 heteroatoms. The van der Waals surface area contributed by atoms with Gasteiger partial charge < -0.3 is 9.84 Å². The highest BCUT2D eigenvalue weighted by Crippen LogP contribution is 1.95. The fourth-order valence-corrected chi connectivity index (χ4v) is 0.683. The number of rotatable bonds is 4. The van der Waals surface area contributed by atoms with Gasteiger partial charge in [0.2, 0.25) is 0 Å². The molecule has 1 aromatic rings. The standard InChI is InChI=1S/C6H11N3O2/c1-9-6(4-7-8-9)5-11-3-2-10/h4,10H,2-3,5H2,1H3. The summed E-state index contributed by atoms with van der Waals surface area (Å²) in [4.78, 5) is 0. The first-order chi connectivity index (χ1) is 5.34. The van der Waals surface area contributed by atoms with E-state index in [1.807, 2.05) is 0 Å². The molecule has 0 bridgehead atoms. The summed E-state index contributed by atoms with van der Waals surface area (Å²) in [5.41, 5.74) is 0.901. The van der Waals surface area contributed by atoms with Crippen molar-refractivity contribution in [1.82, 2.24) is 15.0 Å². The minimum Gasteiger partial charge on any atom is -0.394 e. The van der Waals surface area contributed by atoms with Gasteiger partial charge in [-0.1, -0.05) is 5.21 Å². The van der Waals surface area contributed by atoms with Gasteiger partial charge in [0.15, 0.2) is 0 Å². The quantitative estimate of drug-likeness (QED) is 0.588. The van der Waals surface area contributed by atoms with Crippen LogP contribution in [0.2, 0.25) is 0 Å². The second-order valence-corrected chi connectivity index (χ2v) is 2.13. The molecule has 0 saturated heterocycles. The molecule has 0 aromatic carbocycles. The van der Waals surface area contributed by atoms with Gasteiger partial charge >= 0.3 is 0 Å². The molecule has 0 aliphatic rings. The lowest BCUT2D eigenvalue weighted by Gasteiger charge is -2.00. The lowest BCUT2D eigenvalue weighted by atomic mass is 10.5. The van der Waals surface area contributed by atoms with E-state index in [1.54, 1.807) is 17.9 Å². The summed E-state index contributed by atoms with van der Waals surface area (Å²) in [5, 5.41) is 15.8. The van der Waals surface area contributed by atoms with Crippen LogP contribution in [-0.2, 0) is 18.4 Å². The highest BCUT2D eigenvalue weighted by atomic mass is 16.5. The molecule has 0 atom stereocenters. The molecule has 0 fully saturated rings. The van der Waals surface area contributed by atoms with Crippen LogP contribution in [-0.4, -0.2) is 33.3 Å². The van der Waals surface area contributed by atoms with Crippen LogP contribution in [0.5, 0.6) is 0 Å². The summed E-state index contributed by atoms with van der Waals surface area (Å²) < 4.78 is 6.69. The van der Waals surface area contributed by atoms with E-state index in [-0.39, 0.29) is 6.61 Å². The average Bonchev–Trinajstić information content (AvgIpc) is 2.37. The zero-order valence-corrected chi connectivity index (χ0v) is 6.40. The van der Waals surface area contributed by atoms with E-state index in [1.165, 1.54) is 0 Å². The van der Waals surface area contributed by atoms with E-state index in [9.17, 15) is 0 Å². The van der Waals surface area contributed by atoms with Crippen LogP contribution in [0, 0.1) is 0 Å². The van der Waals surface area contributed by atoms with Crippen LogP contribution in [0.1, 0.15) is 5.69 Å². The van der Waals surface area contributed by atoms with Gasteiger partial charge in [-0.3, -0.25) is 4.68 Å². The van der Waals surface area contributed by atoms with Gasteiger partial charge in [0.05, 0.1) is 31.7 Å². The first-order valence-corrected chi connectivity index (χ1v) is 3.36. The molecule has 0 aliphatic carbocycles. The molecule has 1 aromatic heterocycles. The SMILES string of the molecule is Cn1nncc1COCCO. The van der Waals surface area contributed by atoms with Crippen molar-refractivity contribution in [3.63, 3.8) is 0 Å². The number of aliphatic hydroxyl groups excluding tert-OH is 1. The van der Waals surface area contributed by atoms with Crippen molar-refractivity contribution >= 4 is 0 Å². The molecule has 1 rings (SSSR count). The average molecular weight is 157 g/mol. The monoisotopic (exact) mass is 157 g/mol. The first-order valence-electron chi connectivity index (χ1n) is 3.36. The zero-order valence-electron chi connectivity index (χ0n) is 6.40. The molecule has 11 heavy (non-hydrogen) atoms. The molecule has 62 valence electrons. The zero-order chi connectivity index (χ0) is 8.10. The van der Waals surface area contributed by atoms with E-state index in [0.717, 1.165) is 5.69 Å². The Kier molecular flexibility index (Phi) is 3.00. The van der Waals surface area contributed by atoms with Crippen molar-refractivity contribution in [2.24, 2.45) is 7.05 Å². The van der Waals surface area contributed by atoms with Gasteiger partial charge in [0.25, 0.3) is 0 Å².